The molecule has 2 aromatic heterocycles. The van der Waals surface area contributed by atoms with Gasteiger partial charge in [0.05, 0.1) is 5.69 Å². The number of carbonyl (C=O) groups excluding carboxylic acids is 1. The Balaban J connectivity index is 1.75. The fraction of sp³-hybridized carbons (Fsp3) is 0.292. The lowest BCUT2D eigenvalue weighted by Crippen LogP contribution is -2.11. The van der Waals surface area contributed by atoms with E-state index in [9.17, 15) is 4.79 Å². The molecular formula is C24H24N2O. The molecule has 0 fully saturated rings. The number of aryl methyl sites for hydroxylation is 2. The molecular weight excluding hydrogens is 332 g/mol. The second-order valence-electron chi connectivity index (χ2n) is 7.62. The minimum Gasteiger partial charge on any atom is -0.299 e. The van der Waals surface area contributed by atoms with Crippen LogP contribution in [-0.2, 0) is 24.1 Å². The molecule has 0 spiro atoms. The van der Waals surface area contributed by atoms with Gasteiger partial charge in [0.2, 0.25) is 0 Å². The van der Waals surface area contributed by atoms with E-state index in [1.165, 1.54) is 16.7 Å². The van der Waals surface area contributed by atoms with Crippen LogP contribution < -0.4 is 0 Å². The molecule has 3 aromatic rings. The van der Waals surface area contributed by atoms with Gasteiger partial charge in [0.25, 0.3) is 0 Å². The van der Waals surface area contributed by atoms with Gasteiger partial charge in [-0.3, -0.25) is 14.8 Å². The molecule has 0 saturated heterocycles. The summed E-state index contributed by atoms with van der Waals surface area (Å²) in [5.74, 6) is 0.330. The summed E-state index contributed by atoms with van der Waals surface area (Å²) in [6.45, 7) is 3.91. The highest BCUT2D eigenvalue weighted by molar-refractivity contribution is 5.83. The number of rotatable bonds is 4. The lowest BCUT2D eigenvalue weighted by molar-refractivity contribution is -0.121. The summed E-state index contributed by atoms with van der Waals surface area (Å²) in [5.41, 5.74) is 8.19. The molecule has 3 heteroatoms. The number of benzene rings is 1. The Morgan fingerprint density at radius 3 is 2.67 bits per heavy atom. The molecule has 136 valence electrons. The highest BCUT2D eigenvalue weighted by Gasteiger charge is 2.18. The summed E-state index contributed by atoms with van der Waals surface area (Å²) >= 11 is 0. The van der Waals surface area contributed by atoms with E-state index in [0.29, 0.717) is 6.42 Å². The van der Waals surface area contributed by atoms with Crippen molar-refractivity contribution in [1.82, 2.24) is 9.97 Å². The maximum absolute atomic E-state index is 12.1. The number of ketones is 1. The Morgan fingerprint density at radius 1 is 1.04 bits per heavy atom. The standard InChI is InChI=1S/C24H24N2O/c1-16(2)23(27)12-17-11-20-6-3-5-18-8-9-19(21-7-4-10-25-15-21)13-22(18)24(20)26-14-17/h4,7-11,13-16H,3,5-6,12H2,1-2H3. The van der Waals surface area contributed by atoms with Crippen LogP contribution in [0.1, 0.15) is 37.0 Å². The zero-order valence-electron chi connectivity index (χ0n) is 15.9. The first-order chi connectivity index (χ1) is 13.1. The molecule has 0 aliphatic heterocycles. The van der Waals surface area contributed by atoms with Crippen molar-refractivity contribution in [3.05, 3.63) is 71.7 Å². The van der Waals surface area contributed by atoms with Gasteiger partial charge >= 0.3 is 0 Å². The highest BCUT2D eigenvalue weighted by Crippen LogP contribution is 2.34. The molecule has 2 heterocycles. The SMILES string of the molecule is CC(C)C(=O)Cc1cnc2c(c1)CCCc1ccc(-c3cccnc3)cc1-2. The zero-order chi connectivity index (χ0) is 18.8. The quantitative estimate of drug-likeness (QED) is 0.656. The second-order valence-corrected chi connectivity index (χ2v) is 7.62. The molecule has 1 aliphatic rings. The summed E-state index contributed by atoms with van der Waals surface area (Å²) in [6.07, 6.45) is 9.21. The Morgan fingerprint density at radius 2 is 1.89 bits per heavy atom. The summed E-state index contributed by atoms with van der Waals surface area (Å²) in [7, 11) is 0. The average Bonchev–Trinajstić information content (AvgIpc) is 2.87. The number of hydrogen-bond acceptors (Lipinski definition) is 3. The van der Waals surface area contributed by atoms with Crippen LogP contribution in [0, 0.1) is 5.92 Å². The van der Waals surface area contributed by atoms with E-state index in [1.54, 1.807) is 6.20 Å². The normalized spacial score (nSPS) is 13.0. The van der Waals surface area contributed by atoms with Gasteiger partial charge in [0, 0.05) is 42.1 Å². The minimum absolute atomic E-state index is 0.0616. The number of fused-ring (bicyclic) bond motifs is 3. The van der Waals surface area contributed by atoms with Crippen LogP contribution in [0.4, 0.5) is 0 Å². The van der Waals surface area contributed by atoms with Crippen molar-refractivity contribution in [1.29, 1.82) is 0 Å². The molecule has 0 bridgehead atoms. The van der Waals surface area contributed by atoms with E-state index in [1.807, 2.05) is 32.3 Å². The molecule has 1 aliphatic carbocycles. The molecule has 3 nitrogen and oxygen atoms in total. The fourth-order valence-electron chi connectivity index (χ4n) is 3.69. The van der Waals surface area contributed by atoms with Gasteiger partial charge in [-0.25, -0.2) is 0 Å². The van der Waals surface area contributed by atoms with E-state index in [2.05, 4.69) is 35.3 Å². The Hall–Kier alpha value is -2.81. The molecule has 0 unspecified atom stereocenters. The third-order valence-electron chi connectivity index (χ3n) is 5.30. The van der Waals surface area contributed by atoms with E-state index in [0.717, 1.165) is 41.6 Å². The van der Waals surface area contributed by atoms with Crippen molar-refractivity contribution >= 4 is 5.78 Å². The molecule has 0 amide bonds. The predicted octanol–water partition coefficient (Wildman–Crippen LogP) is 5.07. The van der Waals surface area contributed by atoms with Gasteiger partial charge in [0.15, 0.2) is 0 Å². The molecule has 1 aromatic carbocycles. The number of pyridine rings is 2. The number of carbonyl (C=O) groups is 1. The van der Waals surface area contributed by atoms with Gasteiger partial charge in [0.1, 0.15) is 5.78 Å². The Kier molecular flexibility index (Phi) is 4.85. The van der Waals surface area contributed by atoms with Crippen LogP contribution in [0.5, 0.6) is 0 Å². The molecule has 0 radical (unpaired) electrons. The Bertz CT molecular complexity index is 977. The second kappa shape index (κ2) is 7.43. The third kappa shape index (κ3) is 3.68. The summed E-state index contributed by atoms with van der Waals surface area (Å²) < 4.78 is 0. The van der Waals surface area contributed by atoms with Gasteiger partial charge in [-0.2, -0.15) is 0 Å². The van der Waals surface area contributed by atoms with Gasteiger partial charge < -0.3 is 0 Å². The van der Waals surface area contributed by atoms with E-state index < -0.39 is 0 Å². The monoisotopic (exact) mass is 356 g/mol. The average molecular weight is 356 g/mol. The van der Waals surface area contributed by atoms with Crippen LogP contribution in [0.3, 0.4) is 0 Å². The van der Waals surface area contributed by atoms with Crippen molar-refractivity contribution in [2.45, 2.75) is 39.5 Å². The number of hydrogen-bond donors (Lipinski definition) is 0. The van der Waals surface area contributed by atoms with Gasteiger partial charge in [-0.15, -0.1) is 0 Å². The van der Waals surface area contributed by atoms with Crippen molar-refractivity contribution in [2.24, 2.45) is 5.92 Å². The van der Waals surface area contributed by atoms with Crippen molar-refractivity contribution in [3.63, 3.8) is 0 Å². The number of Topliss-reactive ketones (excluding diaryl/α,β-unsaturated/α-hetero) is 1. The van der Waals surface area contributed by atoms with Gasteiger partial charge in [-0.1, -0.05) is 38.1 Å². The van der Waals surface area contributed by atoms with Crippen LogP contribution in [-0.4, -0.2) is 15.8 Å². The lowest BCUT2D eigenvalue weighted by atomic mass is 9.95. The van der Waals surface area contributed by atoms with E-state index in [-0.39, 0.29) is 11.7 Å². The highest BCUT2D eigenvalue weighted by atomic mass is 16.1. The molecule has 0 atom stereocenters. The van der Waals surface area contributed by atoms with Crippen LogP contribution >= 0.6 is 0 Å². The largest absolute Gasteiger partial charge is 0.299 e. The summed E-state index contributed by atoms with van der Waals surface area (Å²) in [5, 5.41) is 0. The maximum Gasteiger partial charge on any atom is 0.139 e. The van der Waals surface area contributed by atoms with Crippen molar-refractivity contribution < 1.29 is 4.79 Å². The van der Waals surface area contributed by atoms with Crippen molar-refractivity contribution in [3.8, 4) is 22.4 Å². The number of nitrogens with zero attached hydrogens (tertiary/aromatic N) is 2. The molecule has 0 N–H and O–H groups in total. The fourth-order valence-corrected chi connectivity index (χ4v) is 3.69. The van der Waals surface area contributed by atoms with Crippen LogP contribution in [0.25, 0.3) is 22.4 Å². The third-order valence-corrected chi connectivity index (χ3v) is 5.30. The van der Waals surface area contributed by atoms with E-state index in [4.69, 9.17) is 4.98 Å². The minimum atomic E-state index is 0.0616. The predicted molar refractivity (Wildman–Crippen MR) is 108 cm³/mol. The van der Waals surface area contributed by atoms with Crippen molar-refractivity contribution in [2.75, 3.05) is 0 Å². The zero-order valence-corrected chi connectivity index (χ0v) is 15.9. The molecule has 27 heavy (non-hydrogen) atoms. The topological polar surface area (TPSA) is 42.9 Å². The summed E-state index contributed by atoms with van der Waals surface area (Å²) in [6, 6.07) is 12.9. The Labute approximate surface area is 160 Å². The first kappa shape index (κ1) is 17.6. The van der Waals surface area contributed by atoms with E-state index >= 15 is 0 Å². The summed E-state index contributed by atoms with van der Waals surface area (Å²) in [4.78, 5) is 21.2. The maximum atomic E-state index is 12.1. The van der Waals surface area contributed by atoms with Crippen LogP contribution in [0.2, 0.25) is 0 Å². The van der Waals surface area contributed by atoms with Gasteiger partial charge in [-0.05, 0) is 53.6 Å². The van der Waals surface area contributed by atoms with Crippen LogP contribution in [0.15, 0.2) is 55.0 Å². The molecule has 4 rings (SSSR count). The first-order valence-electron chi connectivity index (χ1n) is 9.66. The lowest BCUT2D eigenvalue weighted by Gasteiger charge is -2.12. The smallest absolute Gasteiger partial charge is 0.139 e. The number of aromatic nitrogens is 2. The first-order valence-corrected chi connectivity index (χ1v) is 9.66. The molecule has 0 saturated carbocycles.